The molecule has 7 nitrogen and oxygen atoms in total. The minimum atomic E-state index is -0.544. The molecule has 1 aliphatic heterocycles. The number of hydrogen-bond donors (Lipinski definition) is 2. The van der Waals surface area contributed by atoms with Crippen molar-refractivity contribution in [3.05, 3.63) is 40.3 Å². The molecule has 126 valence electrons. The Kier molecular flexibility index (Phi) is 4.59. The smallest absolute Gasteiger partial charge is 0.275 e. The fourth-order valence-corrected chi connectivity index (χ4v) is 2.96. The first kappa shape index (κ1) is 16.2. The van der Waals surface area contributed by atoms with E-state index in [9.17, 15) is 14.4 Å². The van der Waals surface area contributed by atoms with Gasteiger partial charge in [-0.25, -0.2) is 4.68 Å². The number of nitrogens with zero attached hydrogens (tertiary/aromatic N) is 2. The van der Waals surface area contributed by atoms with Crippen molar-refractivity contribution in [2.45, 2.75) is 38.8 Å². The van der Waals surface area contributed by atoms with Crippen molar-refractivity contribution in [1.29, 1.82) is 0 Å². The number of amides is 2. The van der Waals surface area contributed by atoms with Gasteiger partial charge in [-0.15, -0.1) is 0 Å². The molecule has 0 unspecified atom stereocenters. The molecule has 2 aromatic rings. The van der Waals surface area contributed by atoms with E-state index >= 15 is 0 Å². The summed E-state index contributed by atoms with van der Waals surface area (Å²) in [6.07, 6.45) is 2.39. The maximum absolute atomic E-state index is 12.5. The molecule has 2 amide bonds. The van der Waals surface area contributed by atoms with Gasteiger partial charge in [0, 0.05) is 11.9 Å². The van der Waals surface area contributed by atoms with Crippen molar-refractivity contribution in [3.63, 3.8) is 0 Å². The number of rotatable bonds is 3. The molecule has 24 heavy (non-hydrogen) atoms. The third-order valence-corrected chi connectivity index (χ3v) is 4.22. The summed E-state index contributed by atoms with van der Waals surface area (Å²) in [6, 6.07) is 6.64. The highest BCUT2D eigenvalue weighted by molar-refractivity contribution is 5.88. The van der Waals surface area contributed by atoms with Crippen LogP contribution in [-0.4, -0.2) is 34.2 Å². The largest absolute Gasteiger partial charge is 0.354 e. The summed E-state index contributed by atoms with van der Waals surface area (Å²) in [5.74, 6) is -0.558. The third kappa shape index (κ3) is 3.29. The Morgan fingerprint density at radius 1 is 1.29 bits per heavy atom. The zero-order valence-electron chi connectivity index (χ0n) is 13.5. The van der Waals surface area contributed by atoms with Crippen LogP contribution in [0, 0.1) is 6.92 Å². The van der Waals surface area contributed by atoms with Gasteiger partial charge >= 0.3 is 0 Å². The molecule has 1 saturated heterocycles. The average molecular weight is 328 g/mol. The number of carbonyl (C=O) groups excluding carboxylic acids is 2. The zero-order valence-corrected chi connectivity index (χ0v) is 13.5. The van der Waals surface area contributed by atoms with Crippen LogP contribution in [0.4, 0.5) is 0 Å². The molecular formula is C17H20N4O3. The molecule has 7 heteroatoms. The van der Waals surface area contributed by atoms with Crippen LogP contribution in [-0.2, 0) is 16.1 Å². The van der Waals surface area contributed by atoms with Gasteiger partial charge in [0.25, 0.3) is 5.56 Å². The van der Waals surface area contributed by atoms with Crippen molar-refractivity contribution >= 4 is 22.6 Å². The van der Waals surface area contributed by atoms with Gasteiger partial charge in [-0.2, -0.15) is 5.10 Å². The Labute approximate surface area is 139 Å². The first-order valence-corrected chi connectivity index (χ1v) is 8.10. The Hall–Kier alpha value is -2.70. The highest BCUT2D eigenvalue weighted by Gasteiger charge is 2.22. The lowest BCUT2D eigenvalue weighted by Gasteiger charge is -2.15. The van der Waals surface area contributed by atoms with Crippen LogP contribution in [0.3, 0.4) is 0 Å². The normalized spacial score (nSPS) is 18.0. The van der Waals surface area contributed by atoms with Crippen LogP contribution >= 0.6 is 0 Å². The minimum Gasteiger partial charge on any atom is -0.354 e. The SMILES string of the molecule is Cc1nn(CC(=O)N[C@H]2CCCCNC2=O)c(=O)c2ccccc12. The van der Waals surface area contributed by atoms with Gasteiger partial charge in [-0.1, -0.05) is 18.2 Å². The summed E-state index contributed by atoms with van der Waals surface area (Å²) in [5.41, 5.74) is 0.377. The minimum absolute atomic E-state index is 0.171. The lowest BCUT2D eigenvalue weighted by atomic mass is 10.1. The Bertz CT molecular complexity index is 843. The van der Waals surface area contributed by atoms with Crippen molar-refractivity contribution in [2.24, 2.45) is 0 Å². The summed E-state index contributed by atoms with van der Waals surface area (Å²) < 4.78 is 1.15. The molecule has 0 spiro atoms. The van der Waals surface area contributed by atoms with E-state index in [0.29, 0.717) is 24.0 Å². The highest BCUT2D eigenvalue weighted by atomic mass is 16.2. The van der Waals surface area contributed by atoms with E-state index in [1.165, 1.54) is 0 Å². The van der Waals surface area contributed by atoms with Gasteiger partial charge in [0.2, 0.25) is 11.8 Å². The molecular weight excluding hydrogens is 308 g/mol. The zero-order chi connectivity index (χ0) is 17.1. The standard InChI is InChI=1S/C17H20N4O3/c1-11-12-6-2-3-7-13(12)17(24)21(20-11)10-15(22)19-14-8-4-5-9-18-16(14)23/h2-3,6-7,14H,4-5,8-10H2,1H3,(H,18,23)(H,19,22)/t14-/m0/s1. The monoisotopic (exact) mass is 328 g/mol. The van der Waals surface area contributed by atoms with Crippen LogP contribution in [0.1, 0.15) is 25.0 Å². The fourth-order valence-electron chi connectivity index (χ4n) is 2.96. The summed E-state index contributed by atoms with van der Waals surface area (Å²) in [6.45, 7) is 2.24. The first-order chi connectivity index (χ1) is 11.6. The van der Waals surface area contributed by atoms with E-state index in [0.717, 1.165) is 22.9 Å². The number of aryl methyl sites for hydroxylation is 1. The third-order valence-electron chi connectivity index (χ3n) is 4.22. The van der Waals surface area contributed by atoms with Crippen molar-refractivity contribution in [2.75, 3.05) is 6.54 Å². The second-order valence-corrected chi connectivity index (χ2v) is 6.00. The van der Waals surface area contributed by atoms with Gasteiger partial charge in [-0.3, -0.25) is 14.4 Å². The van der Waals surface area contributed by atoms with Gasteiger partial charge in [0.1, 0.15) is 12.6 Å². The second kappa shape index (κ2) is 6.82. The van der Waals surface area contributed by atoms with Crippen molar-refractivity contribution < 1.29 is 9.59 Å². The van der Waals surface area contributed by atoms with Gasteiger partial charge in [0.15, 0.2) is 0 Å². The average Bonchev–Trinajstić information content (AvgIpc) is 2.77. The van der Waals surface area contributed by atoms with Crippen LogP contribution in [0.15, 0.2) is 29.1 Å². The van der Waals surface area contributed by atoms with Gasteiger partial charge < -0.3 is 10.6 Å². The summed E-state index contributed by atoms with van der Waals surface area (Å²) in [7, 11) is 0. The number of fused-ring (bicyclic) bond motifs is 1. The summed E-state index contributed by atoms with van der Waals surface area (Å²) in [4.78, 5) is 36.6. The number of benzene rings is 1. The molecule has 3 rings (SSSR count). The number of aromatic nitrogens is 2. The maximum atomic E-state index is 12.5. The number of nitrogens with one attached hydrogen (secondary N) is 2. The Morgan fingerprint density at radius 3 is 2.83 bits per heavy atom. The molecule has 0 radical (unpaired) electrons. The van der Waals surface area contributed by atoms with Crippen molar-refractivity contribution in [1.82, 2.24) is 20.4 Å². The van der Waals surface area contributed by atoms with E-state index in [1.807, 2.05) is 12.1 Å². The molecule has 0 bridgehead atoms. The summed E-state index contributed by atoms with van der Waals surface area (Å²) in [5, 5.41) is 11.0. The van der Waals surface area contributed by atoms with Crippen LogP contribution < -0.4 is 16.2 Å². The lowest BCUT2D eigenvalue weighted by Crippen LogP contribution is -2.47. The second-order valence-electron chi connectivity index (χ2n) is 6.00. The maximum Gasteiger partial charge on any atom is 0.275 e. The molecule has 1 aliphatic rings. The van der Waals surface area contributed by atoms with Crippen LogP contribution in [0.5, 0.6) is 0 Å². The van der Waals surface area contributed by atoms with E-state index in [2.05, 4.69) is 15.7 Å². The predicted molar refractivity (Wildman–Crippen MR) is 89.5 cm³/mol. The highest BCUT2D eigenvalue weighted by Crippen LogP contribution is 2.11. The summed E-state index contributed by atoms with van der Waals surface area (Å²) >= 11 is 0. The van der Waals surface area contributed by atoms with E-state index in [4.69, 9.17) is 0 Å². The van der Waals surface area contributed by atoms with E-state index in [1.54, 1.807) is 19.1 Å². The van der Waals surface area contributed by atoms with E-state index < -0.39 is 6.04 Å². The topological polar surface area (TPSA) is 93.1 Å². The van der Waals surface area contributed by atoms with Crippen LogP contribution in [0.2, 0.25) is 0 Å². The Morgan fingerprint density at radius 2 is 2.04 bits per heavy atom. The number of hydrogen-bond acceptors (Lipinski definition) is 4. The number of carbonyl (C=O) groups is 2. The molecule has 0 saturated carbocycles. The molecule has 1 aromatic carbocycles. The predicted octanol–water partition coefficient (Wildman–Crippen LogP) is 0.490. The van der Waals surface area contributed by atoms with Gasteiger partial charge in [0.05, 0.1) is 11.1 Å². The molecule has 1 aromatic heterocycles. The van der Waals surface area contributed by atoms with Gasteiger partial charge in [-0.05, 0) is 32.3 Å². The van der Waals surface area contributed by atoms with Crippen LogP contribution in [0.25, 0.3) is 10.8 Å². The lowest BCUT2D eigenvalue weighted by molar-refractivity contribution is -0.129. The quantitative estimate of drug-likeness (QED) is 0.857. The fraction of sp³-hybridized carbons (Fsp3) is 0.412. The molecule has 2 heterocycles. The molecule has 1 atom stereocenters. The molecule has 1 fully saturated rings. The first-order valence-electron chi connectivity index (χ1n) is 8.10. The Balaban J connectivity index is 1.79. The molecule has 2 N–H and O–H groups in total. The van der Waals surface area contributed by atoms with Crippen molar-refractivity contribution in [3.8, 4) is 0 Å². The van der Waals surface area contributed by atoms with E-state index in [-0.39, 0.29) is 23.9 Å². The molecule has 0 aliphatic carbocycles.